The number of benzene rings is 2. The van der Waals surface area contributed by atoms with Gasteiger partial charge in [-0.3, -0.25) is 9.69 Å². The SMILES string of the molecule is O=C([C@@H]1[C@@H](O)c2ccccc2S[C@H]1c1ccccc1)N1CCc2cccnc21. The second-order valence-corrected chi connectivity index (χ2v) is 8.37. The number of pyridine rings is 1. The molecule has 4 nitrogen and oxygen atoms in total. The Balaban J connectivity index is 1.58. The first-order chi connectivity index (χ1) is 13.7. The van der Waals surface area contributed by atoms with Gasteiger partial charge < -0.3 is 5.11 Å². The zero-order valence-corrected chi connectivity index (χ0v) is 16.0. The molecule has 1 N–H and O–H groups in total. The predicted molar refractivity (Wildman–Crippen MR) is 110 cm³/mol. The van der Waals surface area contributed by atoms with Crippen LogP contribution in [-0.4, -0.2) is 22.5 Å². The van der Waals surface area contributed by atoms with E-state index >= 15 is 0 Å². The van der Waals surface area contributed by atoms with Gasteiger partial charge in [-0.05, 0) is 35.2 Å². The summed E-state index contributed by atoms with van der Waals surface area (Å²) in [6.07, 6.45) is 1.68. The van der Waals surface area contributed by atoms with Crippen molar-refractivity contribution >= 4 is 23.5 Å². The third-order valence-electron chi connectivity index (χ3n) is 5.57. The maximum Gasteiger partial charge on any atom is 0.235 e. The van der Waals surface area contributed by atoms with E-state index in [-0.39, 0.29) is 11.2 Å². The smallest absolute Gasteiger partial charge is 0.235 e. The van der Waals surface area contributed by atoms with Gasteiger partial charge in [-0.15, -0.1) is 11.8 Å². The second-order valence-electron chi connectivity index (χ2n) is 7.18. The number of fused-ring (bicyclic) bond motifs is 2. The quantitative estimate of drug-likeness (QED) is 0.716. The van der Waals surface area contributed by atoms with Gasteiger partial charge in [0.1, 0.15) is 5.82 Å². The van der Waals surface area contributed by atoms with Crippen LogP contribution in [0.5, 0.6) is 0 Å². The summed E-state index contributed by atoms with van der Waals surface area (Å²) in [4.78, 5) is 20.9. The van der Waals surface area contributed by atoms with Gasteiger partial charge in [0.2, 0.25) is 5.91 Å². The number of thioether (sulfide) groups is 1. The Morgan fingerprint density at radius 1 is 1.04 bits per heavy atom. The maximum atomic E-state index is 13.7. The summed E-state index contributed by atoms with van der Waals surface area (Å²) < 4.78 is 0. The Hall–Kier alpha value is -2.63. The van der Waals surface area contributed by atoms with Crippen LogP contribution in [-0.2, 0) is 11.2 Å². The first-order valence-electron chi connectivity index (χ1n) is 9.48. The van der Waals surface area contributed by atoms with Crippen molar-refractivity contribution in [2.45, 2.75) is 22.7 Å². The average Bonchev–Trinajstić information content (AvgIpc) is 3.18. The minimum Gasteiger partial charge on any atom is -0.387 e. The molecular weight excluding hydrogens is 368 g/mol. The third kappa shape index (κ3) is 2.82. The number of hydrogen-bond acceptors (Lipinski definition) is 4. The fourth-order valence-electron chi connectivity index (χ4n) is 4.19. The van der Waals surface area contributed by atoms with Gasteiger partial charge in [-0.2, -0.15) is 0 Å². The summed E-state index contributed by atoms with van der Waals surface area (Å²) in [7, 11) is 0. The molecular formula is C23H20N2O2S. The summed E-state index contributed by atoms with van der Waals surface area (Å²) in [6, 6.07) is 21.8. The molecule has 0 fully saturated rings. The average molecular weight is 388 g/mol. The zero-order chi connectivity index (χ0) is 19.1. The van der Waals surface area contributed by atoms with E-state index in [9.17, 15) is 9.90 Å². The molecule has 0 radical (unpaired) electrons. The first-order valence-corrected chi connectivity index (χ1v) is 10.4. The van der Waals surface area contributed by atoms with Crippen molar-refractivity contribution in [1.82, 2.24) is 4.98 Å². The summed E-state index contributed by atoms with van der Waals surface area (Å²) in [6.45, 7) is 0.613. The molecule has 28 heavy (non-hydrogen) atoms. The number of amides is 1. The first kappa shape index (κ1) is 17.5. The van der Waals surface area contributed by atoms with Crippen molar-refractivity contribution in [2.24, 2.45) is 5.92 Å². The molecule has 5 heteroatoms. The molecule has 0 aliphatic carbocycles. The minimum absolute atomic E-state index is 0.0548. The Bertz CT molecular complexity index is 1020. The van der Waals surface area contributed by atoms with E-state index in [1.807, 2.05) is 66.7 Å². The Kier molecular flexibility index (Phi) is 4.41. The lowest BCUT2D eigenvalue weighted by atomic mass is 9.87. The van der Waals surface area contributed by atoms with Gasteiger partial charge in [0.15, 0.2) is 0 Å². The molecule has 2 aromatic carbocycles. The van der Waals surface area contributed by atoms with E-state index < -0.39 is 12.0 Å². The van der Waals surface area contributed by atoms with Gasteiger partial charge in [-0.25, -0.2) is 4.98 Å². The zero-order valence-electron chi connectivity index (χ0n) is 15.2. The fraction of sp³-hybridized carbons (Fsp3) is 0.217. The summed E-state index contributed by atoms with van der Waals surface area (Å²) in [5.74, 6) is 0.117. The summed E-state index contributed by atoms with van der Waals surface area (Å²) >= 11 is 1.66. The van der Waals surface area contributed by atoms with Crippen molar-refractivity contribution in [3.63, 3.8) is 0 Å². The lowest BCUT2D eigenvalue weighted by molar-refractivity contribution is -0.126. The molecule has 0 unspecified atom stereocenters. The number of aliphatic hydroxyl groups excluding tert-OH is 1. The normalized spacial score (nSPS) is 23.2. The standard InChI is InChI=1S/C23H20N2O2S/c26-20-17-10-4-5-11-18(17)28-21(15-7-2-1-3-8-15)19(20)23(27)25-14-12-16-9-6-13-24-22(16)25/h1-11,13,19-21,26H,12,14H2/t19-,20+,21+/m1/s1. The van der Waals surface area contributed by atoms with Crippen molar-refractivity contribution in [1.29, 1.82) is 0 Å². The molecule has 2 aliphatic rings. The second kappa shape index (κ2) is 7.08. The molecule has 0 saturated carbocycles. The highest BCUT2D eigenvalue weighted by atomic mass is 32.2. The predicted octanol–water partition coefficient (Wildman–Crippen LogP) is 4.17. The van der Waals surface area contributed by atoms with Crippen LogP contribution < -0.4 is 4.90 Å². The van der Waals surface area contributed by atoms with Crippen molar-refractivity contribution in [3.05, 3.63) is 89.6 Å². The van der Waals surface area contributed by atoms with E-state index in [0.29, 0.717) is 6.54 Å². The van der Waals surface area contributed by atoms with Crippen LogP contribution in [0.2, 0.25) is 0 Å². The Morgan fingerprint density at radius 3 is 2.68 bits per heavy atom. The molecule has 0 bridgehead atoms. The Labute approximate surface area is 168 Å². The molecule has 140 valence electrons. The van der Waals surface area contributed by atoms with E-state index in [0.717, 1.165) is 33.8 Å². The number of aromatic nitrogens is 1. The topological polar surface area (TPSA) is 53.4 Å². The van der Waals surface area contributed by atoms with Crippen LogP contribution in [0.4, 0.5) is 5.82 Å². The highest BCUT2D eigenvalue weighted by molar-refractivity contribution is 7.99. The van der Waals surface area contributed by atoms with E-state index in [2.05, 4.69) is 4.98 Å². The summed E-state index contributed by atoms with van der Waals surface area (Å²) in [5.41, 5.74) is 2.98. The lowest BCUT2D eigenvalue weighted by Crippen LogP contribution is -2.41. The van der Waals surface area contributed by atoms with Crippen LogP contribution in [0.15, 0.2) is 77.8 Å². The Morgan fingerprint density at radius 2 is 1.82 bits per heavy atom. The van der Waals surface area contributed by atoms with Gasteiger partial charge in [0.05, 0.1) is 12.0 Å². The minimum atomic E-state index is -0.845. The van der Waals surface area contributed by atoms with Crippen LogP contribution >= 0.6 is 11.8 Å². The molecule has 1 amide bonds. The number of anilines is 1. The van der Waals surface area contributed by atoms with Gasteiger partial charge in [0.25, 0.3) is 0 Å². The number of carbonyl (C=O) groups excluding carboxylic acids is 1. The summed E-state index contributed by atoms with van der Waals surface area (Å²) in [5, 5.41) is 11.1. The highest BCUT2D eigenvalue weighted by Crippen LogP contribution is 2.53. The van der Waals surface area contributed by atoms with E-state index in [1.54, 1.807) is 22.9 Å². The molecule has 3 aromatic rings. The van der Waals surface area contributed by atoms with Gasteiger partial charge in [-0.1, -0.05) is 54.6 Å². The molecule has 5 rings (SSSR count). The lowest BCUT2D eigenvalue weighted by Gasteiger charge is -2.37. The number of nitrogens with zero attached hydrogens (tertiary/aromatic N) is 2. The van der Waals surface area contributed by atoms with E-state index in [1.165, 1.54) is 0 Å². The number of rotatable bonds is 2. The molecule has 3 atom stereocenters. The fourth-order valence-corrected chi connectivity index (χ4v) is 5.65. The largest absolute Gasteiger partial charge is 0.387 e. The van der Waals surface area contributed by atoms with Crippen LogP contribution in [0, 0.1) is 5.92 Å². The highest BCUT2D eigenvalue weighted by Gasteiger charge is 2.45. The number of hydrogen-bond donors (Lipinski definition) is 1. The van der Waals surface area contributed by atoms with Crippen molar-refractivity contribution in [2.75, 3.05) is 11.4 Å². The van der Waals surface area contributed by atoms with Crippen molar-refractivity contribution < 1.29 is 9.90 Å². The molecule has 0 spiro atoms. The van der Waals surface area contributed by atoms with Crippen LogP contribution in [0.3, 0.4) is 0 Å². The van der Waals surface area contributed by atoms with Gasteiger partial charge in [0, 0.05) is 22.9 Å². The van der Waals surface area contributed by atoms with Crippen LogP contribution in [0.1, 0.15) is 28.0 Å². The van der Waals surface area contributed by atoms with Crippen molar-refractivity contribution in [3.8, 4) is 0 Å². The molecule has 3 heterocycles. The number of carbonyl (C=O) groups is 1. The van der Waals surface area contributed by atoms with E-state index in [4.69, 9.17) is 0 Å². The maximum absolute atomic E-state index is 13.7. The molecule has 1 aromatic heterocycles. The monoisotopic (exact) mass is 388 g/mol. The van der Waals surface area contributed by atoms with Crippen LogP contribution in [0.25, 0.3) is 0 Å². The van der Waals surface area contributed by atoms with Gasteiger partial charge >= 0.3 is 0 Å². The molecule has 0 saturated heterocycles. The molecule has 2 aliphatic heterocycles. The number of aliphatic hydroxyl groups is 1. The third-order valence-corrected chi connectivity index (χ3v) is 7.01.